The van der Waals surface area contributed by atoms with Crippen LogP contribution in [0.25, 0.3) is 0 Å². The molecule has 2 aromatic carbocycles. The highest BCUT2D eigenvalue weighted by atomic mass is 16.5. The number of aryl methyl sites for hydroxylation is 2. The Morgan fingerprint density at radius 2 is 1.90 bits per heavy atom. The lowest BCUT2D eigenvalue weighted by atomic mass is 10.1. The predicted molar refractivity (Wildman–Crippen MR) is 85.7 cm³/mol. The number of carbonyl (C=O) groups is 1. The number of ether oxygens (including phenoxy) is 1. The van der Waals surface area contributed by atoms with E-state index in [0.29, 0.717) is 11.4 Å². The largest absolute Gasteiger partial charge is 0.497 e. The Hall–Kier alpha value is -2.49. The second-order valence-electron chi connectivity index (χ2n) is 5.10. The topological polar surface area (TPSA) is 64.3 Å². The average molecular weight is 284 g/mol. The molecule has 0 atom stereocenters. The van der Waals surface area contributed by atoms with E-state index >= 15 is 0 Å². The van der Waals surface area contributed by atoms with Crippen molar-refractivity contribution in [2.75, 3.05) is 18.2 Å². The molecule has 0 radical (unpaired) electrons. The maximum absolute atomic E-state index is 12.1. The van der Waals surface area contributed by atoms with E-state index in [9.17, 15) is 4.79 Å². The number of methoxy groups -OCH3 is 1. The van der Waals surface area contributed by atoms with Crippen molar-refractivity contribution in [3.8, 4) is 5.75 Å². The lowest BCUT2D eigenvalue weighted by molar-refractivity contribution is -0.115. The normalized spacial score (nSPS) is 10.2. The van der Waals surface area contributed by atoms with Crippen LogP contribution in [0.4, 0.5) is 11.4 Å². The lowest BCUT2D eigenvalue weighted by Gasteiger charge is -2.11. The summed E-state index contributed by atoms with van der Waals surface area (Å²) < 4.78 is 5.15. The molecule has 0 spiro atoms. The third-order valence-electron chi connectivity index (χ3n) is 3.44. The van der Waals surface area contributed by atoms with Crippen molar-refractivity contribution in [3.05, 3.63) is 53.1 Å². The zero-order valence-electron chi connectivity index (χ0n) is 12.6. The van der Waals surface area contributed by atoms with E-state index < -0.39 is 0 Å². The molecule has 0 aliphatic rings. The van der Waals surface area contributed by atoms with E-state index in [1.807, 2.05) is 50.2 Å². The Balaban J connectivity index is 2.09. The third-order valence-corrected chi connectivity index (χ3v) is 3.44. The van der Waals surface area contributed by atoms with Crippen LogP contribution in [0, 0.1) is 13.8 Å². The van der Waals surface area contributed by atoms with Gasteiger partial charge in [0.25, 0.3) is 0 Å². The number of nitrogens with one attached hydrogen (secondary N) is 1. The molecule has 2 rings (SSSR count). The SMILES string of the molecule is COc1cccc(CC(=O)Nc2cc(C)c(C)cc2N)c1. The third kappa shape index (κ3) is 3.75. The van der Waals surface area contributed by atoms with Gasteiger partial charge in [-0.2, -0.15) is 0 Å². The van der Waals surface area contributed by atoms with Crippen LogP contribution < -0.4 is 15.8 Å². The highest BCUT2D eigenvalue weighted by Crippen LogP contribution is 2.23. The molecule has 4 heteroatoms. The van der Waals surface area contributed by atoms with E-state index in [0.717, 1.165) is 22.4 Å². The maximum Gasteiger partial charge on any atom is 0.228 e. The van der Waals surface area contributed by atoms with Crippen molar-refractivity contribution >= 4 is 17.3 Å². The van der Waals surface area contributed by atoms with E-state index in [1.165, 1.54) is 0 Å². The lowest BCUT2D eigenvalue weighted by Crippen LogP contribution is -2.15. The van der Waals surface area contributed by atoms with Crippen molar-refractivity contribution in [2.45, 2.75) is 20.3 Å². The van der Waals surface area contributed by atoms with Crippen molar-refractivity contribution < 1.29 is 9.53 Å². The van der Waals surface area contributed by atoms with Crippen LogP contribution in [-0.2, 0) is 11.2 Å². The van der Waals surface area contributed by atoms with Gasteiger partial charge in [-0.25, -0.2) is 0 Å². The zero-order chi connectivity index (χ0) is 15.4. The number of amides is 1. The molecular weight excluding hydrogens is 264 g/mol. The second-order valence-corrected chi connectivity index (χ2v) is 5.10. The Labute approximate surface area is 124 Å². The van der Waals surface area contributed by atoms with Crippen LogP contribution >= 0.6 is 0 Å². The molecule has 4 nitrogen and oxygen atoms in total. The van der Waals surface area contributed by atoms with Crippen molar-refractivity contribution in [2.24, 2.45) is 0 Å². The molecule has 0 aliphatic heterocycles. The van der Waals surface area contributed by atoms with Gasteiger partial charge < -0.3 is 15.8 Å². The highest BCUT2D eigenvalue weighted by Gasteiger charge is 2.08. The minimum atomic E-state index is -0.0989. The fraction of sp³-hybridized carbons (Fsp3) is 0.235. The van der Waals surface area contributed by atoms with Gasteiger partial charge in [0.2, 0.25) is 5.91 Å². The van der Waals surface area contributed by atoms with Crippen molar-refractivity contribution in [3.63, 3.8) is 0 Å². The molecule has 21 heavy (non-hydrogen) atoms. The van der Waals surface area contributed by atoms with Gasteiger partial charge in [0.1, 0.15) is 5.75 Å². The molecule has 0 saturated heterocycles. The fourth-order valence-corrected chi connectivity index (χ4v) is 2.11. The molecule has 0 heterocycles. The first-order chi connectivity index (χ1) is 9.99. The monoisotopic (exact) mass is 284 g/mol. The molecule has 0 fully saturated rings. The molecule has 110 valence electrons. The van der Waals surface area contributed by atoms with Gasteiger partial charge in [-0.05, 0) is 54.8 Å². The second kappa shape index (κ2) is 6.31. The number of carbonyl (C=O) groups excluding carboxylic acids is 1. The van der Waals surface area contributed by atoms with Crippen molar-refractivity contribution in [1.29, 1.82) is 0 Å². The summed E-state index contributed by atoms with van der Waals surface area (Å²) in [7, 11) is 1.61. The average Bonchev–Trinajstić information content (AvgIpc) is 2.45. The fourth-order valence-electron chi connectivity index (χ4n) is 2.11. The van der Waals surface area contributed by atoms with Crippen LogP contribution in [0.3, 0.4) is 0 Å². The summed E-state index contributed by atoms with van der Waals surface area (Å²) >= 11 is 0. The van der Waals surface area contributed by atoms with Crippen LogP contribution in [0.5, 0.6) is 5.75 Å². The van der Waals surface area contributed by atoms with Gasteiger partial charge in [0, 0.05) is 0 Å². The van der Waals surface area contributed by atoms with E-state index in [1.54, 1.807) is 7.11 Å². The first-order valence-electron chi connectivity index (χ1n) is 6.79. The summed E-state index contributed by atoms with van der Waals surface area (Å²) in [6, 6.07) is 11.2. The van der Waals surface area contributed by atoms with Gasteiger partial charge >= 0.3 is 0 Å². The summed E-state index contributed by atoms with van der Waals surface area (Å²) in [5, 5.41) is 2.86. The van der Waals surface area contributed by atoms with Crippen LogP contribution in [0.1, 0.15) is 16.7 Å². The minimum absolute atomic E-state index is 0.0989. The van der Waals surface area contributed by atoms with E-state index in [-0.39, 0.29) is 12.3 Å². The predicted octanol–water partition coefficient (Wildman–Crippen LogP) is 3.08. The first kappa shape index (κ1) is 14.9. The highest BCUT2D eigenvalue weighted by molar-refractivity contribution is 5.95. The van der Waals surface area contributed by atoms with Gasteiger partial charge in [-0.15, -0.1) is 0 Å². The number of nitrogens with two attached hydrogens (primary N) is 1. The quantitative estimate of drug-likeness (QED) is 0.848. The number of hydrogen-bond donors (Lipinski definition) is 2. The van der Waals surface area contributed by atoms with Crippen LogP contribution in [0.2, 0.25) is 0 Å². The van der Waals surface area contributed by atoms with Crippen molar-refractivity contribution in [1.82, 2.24) is 0 Å². The number of anilines is 2. The molecule has 0 aromatic heterocycles. The van der Waals surface area contributed by atoms with Crippen LogP contribution in [0.15, 0.2) is 36.4 Å². The zero-order valence-corrected chi connectivity index (χ0v) is 12.6. The maximum atomic E-state index is 12.1. The number of hydrogen-bond acceptors (Lipinski definition) is 3. The molecule has 1 amide bonds. The Bertz CT molecular complexity index is 666. The molecule has 0 saturated carbocycles. The Morgan fingerprint density at radius 1 is 1.19 bits per heavy atom. The molecule has 3 N–H and O–H groups in total. The van der Waals surface area contributed by atoms with Gasteiger partial charge in [0.05, 0.1) is 24.9 Å². The van der Waals surface area contributed by atoms with Gasteiger partial charge in [0.15, 0.2) is 0 Å². The summed E-state index contributed by atoms with van der Waals surface area (Å²) in [6.45, 7) is 3.99. The van der Waals surface area contributed by atoms with Crippen LogP contribution in [-0.4, -0.2) is 13.0 Å². The van der Waals surface area contributed by atoms with Gasteiger partial charge in [-0.1, -0.05) is 12.1 Å². The summed E-state index contributed by atoms with van der Waals surface area (Å²) in [5.41, 5.74) is 10.3. The van der Waals surface area contributed by atoms with Gasteiger partial charge in [-0.3, -0.25) is 4.79 Å². The molecular formula is C17H20N2O2. The molecule has 2 aromatic rings. The Morgan fingerprint density at radius 3 is 2.62 bits per heavy atom. The molecule has 0 bridgehead atoms. The van der Waals surface area contributed by atoms with E-state index in [4.69, 9.17) is 10.5 Å². The van der Waals surface area contributed by atoms with E-state index in [2.05, 4.69) is 5.32 Å². The number of nitrogen functional groups attached to an aromatic ring is 1. The summed E-state index contributed by atoms with van der Waals surface area (Å²) in [4.78, 5) is 12.1. The molecule has 0 aliphatic carbocycles. The number of rotatable bonds is 4. The standard InChI is InChI=1S/C17H20N2O2/c1-11-7-15(18)16(8-12(11)2)19-17(20)10-13-5-4-6-14(9-13)21-3/h4-9H,10,18H2,1-3H3,(H,19,20). The Kier molecular flexibility index (Phi) is 4.48. The smallest absolute Gasteiger partial charge is 0.228 e. The first-order valence-corrected chi connectivity index (χ1v) is 6.79. The summed E-state index contributed by atoms with van der Waals surface area (Å²) in [5.74, 6) is 0.643. The molecule has 0 unspecified atom stereocenters. The minimum Gasteiger partial charge on any atom is -0.497 e. The summed E-state index contributed by atoms with van der Waals surface area (Å²) in [6.07, 6.45) is 0.281. The number of benzene rings is 2.